The van der Waals surface area contributed by atoms with Crippen molar-refractivity contribution in [3.05, 3.63) is 88.9 Å². The molecular weight excluding hydrogens is 336 g/mol. The van der Waals surface area contributed by atoms with Crippen molar-refractivity contribution in [2.75, 3.05) is 5.32 Å². The van der Waals surface area contributed by atoms with Crippen LogP contribution in [0.2, 0.25) is 0 Å². The monoisotopic (exact) mass is 352 g/mol. The van der Waals surface area contributed by atoms with Crippen LogP contribution < -0.4 is 5.32 Å². The van der Waals surface area contributed by atoms with E-state index in [2.05, 4.69) is 33.2 Å². The summed E-state index contributed by atoms with van der Waals surface area (Å²) < 4.78 is 0. The Labute approximate surface area is 157 Å². The Bertz CT molecular complexity index is 1060. The van der Waals surface area contributed by atoms with E-state index in [0.717, 1.165) is 22.3 Å². The Morgan fingerprint density at radius 1 is 1.11 bits per heavy atom. The van der Waals surface area contributed by atoms with Crippen LogP contribution in [-0.2, 0) is 6.42 Å². The average Bonchev–Trinajstić information content (AvgIpc) is 2.69. The molecular formula is C22H16N4O. The molecule has 0 unspecified atom stereocenters. The van der Waals surface area contributed by atoms with Gasteiger partial charge in [0.2, 0.25) is 0 Å². The molecule has 5 nitrogen and oxygen atoms in total. The van der Waals surface area contributed by atoms with Gasteiger partial charge in [-0.15, -0.1) is 0 Å². The van der Waals surface area contributed by atoms with Gasteiger partial charge in [-0.2, -0.15) is 5.26 Å². The number of carbonyl (C=O) groups excluding carboxylic acids is 1. The smallest absolute Gasteiger partial charge is 0.256 e. The molecule has 130 valence electrons. The first-order valence-corrected chi connectivity index (χ1v) is 8.31. The van der Waals surface area contributed by atoms with Crippen molar-refractivity contribution in [3.8, 4) is 17.9 Å². The fraction of sp³-hybridized carbons (Fsp3) is 0.0909. The van der Waals surface area contributed by atoms with E-state index in [-0.39, 0.29) is 5.91 Å². The minimum atomic E-state index is -0.264. The molecule has 2 aromatic carbocycles. The second kappa shape index (κ2) is 8.42. The zero-order chi connectivity index (χ0) is 19.1. The predicted molar refractivity (Wildman–Crippen MR) is 103 cm³/mol. The quantitative estimate of drug-likeness (QED) is 0.732. The van der Waals surface area contributed by atoms with Crippen LogP contribution in [0.25, 0.3) is 0 Å². The largest absolute Gasteiger partial charge is 0.305 e. The first kappa shape index (κ1) is 17.8. The van der Waals surface area contributed by atoms with E-state index in [1.54, 1.807) is 18.3 Å². The number of nitrogens with zero attached hydrogens (tertiary/aromatic N) is 3. The minimum absolute atomic E-state index is 0.264. The van der Waals surface area contributed by atoms with Gasteiger partial charge in [0, 0.05) is 29.1 Å². The maximum atomic E-state index is 12.4. The molecule has 0 spiro atoms. The van der Waals surface area contributed by atoms with Gasteiger partial charge >= 0.3 is 0 Å². The standard InChI is InChI=1S/C22H16N4O/c1-16-2-8-20(22(27)26-21-15-24-12-13-25-21)14-19(16)9-7-17-3-5-18(6-4-17)10-11-23/h2-6,8,12-15H,10H2,1H3,(H,25,26,27). The number of rotatable bonds is 3. The maximum Gasteiger partial charge on any atom is 0.256 e. The van der Waals surface area contributed by atoms with Crippen molar-refractivity contribution in [1.29, 1.82) is 5.26 Å². The summed E-state index contributed by atoms with van der Waals surface area (Å²) in [5.41, 5.74) is 4.08. The number of aromatic nitrogens is 2. The summed E-state index contributed by atoms with van der Waals surface area (Å²) in [5, 5.41) is 11.4. The highest BCUT2D eigenvalue weighted by Gasteiger charge is 2.08. The predicted octanol–water partition coefficient (Wildman–Crippen LogP) is 3.50. The topological polar surface area (TPSA) is 78.7 Å². The number of amides is 1. The van der Waals surface area contributed by atoms with Gasteiger partial charge < -0.3 is 5.32 Å². The lowest BCUT2D eigenvalue weighted by Gasteiger charge is -2.05. The van der Waals surface area contributed by atoms with Crippen molar-refractivity contribution >= 4 is 11.7 Å². The third-order valence-electron chi connectivity index (χ3n) is 3.88. The summed E-state index contributed by atoms with van der Waals surface area (Å²) in [6.45, 7) is 1.95. The number of aryl methyl sites for hydroxylation is 1. The highest BCUT2D eigenvalue weighted by atomic mass is 16.1. The van der Waals surface area contributed by atoms with Gasteiger partial charge in [-0.3, -0.25) is 9.78 Å². The van der Waals surface area contributed by atoms with Crippen molar-refractivity contribution in [2.24, 2.45) is 0 Å². The first-order chi connectivity index (χ1) is 13.2. The van der Waals surface area contributed by atoms with Crippen molar-refractivity contribution < 1.29 is 4.79 Å². The molecule has 0 radical (unpaired) electrons. The minimum Gasteiger partial charge on any atom is -0.305 e. The SMILES string of the molecule is Cc1ccc(C(=O)Nc2cnccn2)cc1C#Cc1ccc(CC#N)cc1. The number of anilines is 1. The molecule has 3 rings (SSSR count). The highest BCUT2D eigenvalue weighted by molar-refractivity contribution is 6.04. The number of carbonyl (C=O) groups is 1. The van der Waals surface area contributed by atoms with E-state index in [4.69, 9.17) is 5.26 Å². The van der Waals surface area contributed by atoms with Gasteiger partial charge in [-0.1, -0.05) is 30.0 Å². The number of hydrogen-bond donors (Lipinski definition) is 1. The molecule has 0 saturated carbocycles. The summed E-state index contributed by atoms with van der Waals surface area (Å²) in [6, 6.07) is 15.1. The summed E-state index contributed by atoms with van der Waals surface area (Å²) in [4.78, 5) is 20.4. The second-order valence-electron chi connectivity index (χ2n) is 5.86. The Kier molecular flexibility index (Phi) is 5.57. The molecule has 0 aliphatic carbocycles. The lowest BCUT2D eigenvalue weighted by atomic mass is 10.0. The molecule has 1 N–H and O–H groups in total. The van der Waals surface area contributed by atoms with Crippen LogP contribution >= 0.6 is 0 Å². The molecule has 0 saturated heterocycles. The number of nitriles is 1. The molecule has 3 aromatic rings. The Morgan fingerprint density at radius 2 is 1.93 bits per heavy atom. The molecule has 1 heterocycles. The summed E-state index contributed by atoms with van der Waals surface area (Å²) >= 11 is 0. The van der Waals surface area contributed by atoms with Crippen LogP contribution in [0.5, 0.6) is 0 Å². The van der Waals surface area contributed by atoms with Gasteiger partial charge in [0.25, 0.3) is 5.91 Å². The average molecular weight is 352 g/mol. The van der Waals surface area contributed by atoms with Gasteiger partial charge in [-0.25, -0.2) is 4.98 Å². The molecule has 1 aromatic heterocycles. The van der Waals surface area contributed by atoms with Crippen LogP contribution in [0, 0.1) is 30.1 Å². The lowest BCUT2D eigenvalue weighted by Crippen LogP contribution is -2.13. The Hall–Kier alpha value is -3.96. The molecule has 1 amide bonds. The number of hydrogen-bond acceptors (Lipinski definition) is 4. The van der Waals surface area contributed by atoms with Crippen molar-refractivity contribution in [1.82, 2.24) is 9.97 Å². The van der Waals surface area contributed by atoms with E-state index in [1.165, 1.54) is 12.4 Å². The van der Waals surface area contributed by atoms with Gasteiger partial charge in [0.1, 0.15) is 0 Å². The summed E-state index contributed by atoms with van der Waals surface area (Å²) in [7, 11) is 0. The van der Waals surface area contributed by atoms with E-state index in [0.29, 0.717) is 17.8 Å². The van der Waals surface area contributed by atoms with E-state index in [1.807, 2.05) is 37.3 Å². The third kappa shape index (κ3) is 4.78. The van der Waals surface area contributed by atoms with Crippen molar-refractivity contribution in [2.45, 2.75) is 13.3 Å². The van der Waals surface area contributed by atoms with Gasteiger partial charge in [0.05, 0.1) is 18.7 Å². The maximum absolute atomic E-state index is 12.4. The fourth-order valence-electron chi connectivity index (χ4n) is 2.39. The van der Waals surface area contributed by atoms with Crippen LogP contribution in [0.1, 0.15) is 32.6 Å². The molecule has 0 aliphatic rings. The summed E-state index contributed by atoms with van der Waals surface area (Å²) in [5.74, 6) is 6.35. The lowest BCUT2D eigenvalue weighted by molar-refractivity contribution is 0.102. The van der Waals surface area contributed by atoms with Crippen LogP contribution in [0.3, 0.4) is 0 Å². The van der Waals surface area contributed by atoms with Gasteiger partial charge in [0.15, 0.2) is 5.82 Å². The van der Waals surface area contributed by atoms with Gasteiger partial charge in [-0.05, 0) is 42.3 Å². The van der Waals surface area contributed by atoms with Crippen LogP contribution in [0.4, 0.5) is 5.82 Å². The molecule has 5 heteroatoms. The van der Waals surface area contributed by atoms with Crippen LogP contribution in [-0.4, -0.2) is 15.9 Å². The fourth-order valence-corrected chi connectivity index (χ4v) is 2.39. The zero-order valence-corrected chi connectivity index (χ0v) is 14.7. The van der Waals surface area contributed by atoms with E-state index < -0.39 is 0 Å². The van der Waals surface area contributed by atoms with Crippen molar-refractivity contribution in [3.63, 3.8) is 0 Å². The van der Waals surface area contributed by atoms with Crippen LogP contribution in [0.15, 0.2) is 61.1 Å². The summed E-state index contributed by atoms with van der Waals surface area (Å²) in [6.07, 6.45) is 4.93. The number of nitrogens with one attached hydrogen (secondary N) is 1. The first-order valence-electron chi connectivity index (χ1n) is 8.31. The molecule has 0 fully saturated rings. The molecule has 0 bridgehead atoms. The normalized spacial score (nSPS) is 9.63. The molecule has 0 aliphatic heterocycles. The Balaban J connectivity index is 1.80. The number of benzene rings is 2. The van der Waals surface area contributed by atoms with E-state index >= 15 is 0 Å². The molecule has 27 heavy (non-hydrogen) atoms. The third-order valence-corrected chi connectivity index (χ3v) is 3.88. The highest BCUT2D eigenvalue weighted by Crippen LogP contribution is 2.12. The van der Waals surface area contributed by atoms with E-state index in [9.17, 15) is 4.79 Å². The Morgan fingerprint density at radius 3 is 2.63 bits per heavy atom. The molecule has 0 atom stereocenters. The second-order valence-corrected chi connectivity index (χ2v) is 5.86. The zero-order valence-electron chi connectivity index (χ0n) is 14.7.